The van der Waals surface area contributed by atoms with Gasteiger partial charge in [-0.1, -0.05) is 0 Å². The van der Waals surface area contributed by atoms with Gasteiger partial charge in [0.25, 0.3) is 0 Å². The van der Waals surface area contributed by atoms with Crippen molar-refractivity contribution in [3.63, 3.8) is 0 Å². The van der Waals surface area contributed by atoms with E-state index in [9.17, 15) is 0 Å². The van der Waals surface area contributed by atoms with Crippen LogP contribution in [0.1, 0.15) is 0 Å². The minimum atomic E-state index is 0. The molecule has 0 N–H and O–H groups in total. The van der Waals surface area contributed by atoms with Crippen molar-refractivity contribution in [1.29, 1.82) is 0 Å². The van der Waals surface area contributed by atoms with Crippen molar-refractivity contribution in [3.05, 3.63) is 0 Å². The van der Waals surface area contributed by atoms with Crippen LogP contribution < -0.4 is 0 Å². The third kappa shape index (κ3) is 8.88. The molecule has 4 heteroatoms. The average molecular weight is 391 g/mol. The summed E-state index contributed by atoms with van der Waals surface area (Å²) >= 11 is 3.55. The van der Waals surface area contributed by atoms with E-state index in [0.29, 0.717) is 0 Å². The Morgan fingerprint density at radius 3 is 1.25 bits per heavy atom. The van der Waals surface area contributed by atoms with Gasteiger partial charge in [-0.2, -0.15) is 0 Å². The molecule has 0 aliphatic carbocycles. The van der Waals surface area contributed by atoms with E-state index in [4.69, 9.17) is 0 Å². The van der Waals surface area contributed by atoms with Crippen LogP contribution >= 0.6 is 46.0 Å². The van der Waals surface area contributed by atoms with Crippen LogP contribution in [0.3, 0.4) is 0 Å². The molecule has 0 fully saturated rings. The molecule has 0 aliphatic heterocycles. The first-order chi connectivity index (χ1) is 1.41. The number of halogens is 2. The molecule has 0 saturated heterocycles. The van der Waals surface area contributed by atoms with Gasteiger partial charge in [-0.3, -0.25) is 0 Å². The van der Waals surface area contributed by atoms with Crippen molar-refractivity contribution in [3.8, 4) is 0 Å². The standard InChI is InChI=1S/I2O.Sn.2H/c1-3-2;;;. The molecule has 26 valence electrons. The summed E-state index contributed by atoms with van der Waals surface area (Å²) in [5.41, 5.74) is 0. The number of rotatable bonds is 0. The summed E-state index contributed by atoms with van der Waals surface area (Å²) in [4.78, 5) is 0. The fraction of sp³-hybridized carbons (Fsp3) is 0. The fourth-order valence-electron chi connectivity index (χ4n) is 0. The number of hydrogen-bond acceptors (Lipinski definition) is 1. The maximum atomic E-state index is 4.19. The van der Waals surface area contributed by atoms with Crippen molar-refractivity contribution < 1.29 is 1.40 Å². The van der Waals surface area contributed by atoms with Gasteiger partial charge < -0.3 is 0 Å². The van der Waals surface area contributed by atoms with Gasteiger partial charge in [0.15, 0.2) is 0 Å². The Morgan fingerprint density at radius 2 is 1.25 bits per heavy atom. The molecule has 0 amide bonds. The predicted molar refractivity (Wildman–Crippen MR) is 37.7 cm³/mol. The van der Waals surface area contributed by atoms with Gasteiger partial charge in [0.2, 0.25) is 0 Å². The summed E-state index contributed by atoms with van der Waals surface area (Å²) in [6.07, 6.45) is 0. The van der Waals surface area contributed by atoms with Gasteiger partial charge in [0.1, 0.15) is 46.0 Å². The molecule has 0 saturated carbocycles. The SMILES string of the molecule is IOI.[SnH2]. The molecule has 0 spiro atoms. The normalized spacial score (nSPS) is 4.50. The first-order valence-corrected chi connectivity index (χ1v) is 2.07. The molecule has 1 nitrogen and oxygen atoms in total. The second-order valence-corrected chi connectivity index (χ2v) is 2.62. The molecular weight excluding hydrogens is 389 g/mol. The monoisotopic (exact) mass is 392 g/mol. The van der Waals surface area contributed by atoms with Crippen LogP contribution in [0, 0.1) is 0 Å². The van der Waals surface area contributed by atoms with Crippen LogP contribution in [-0.4, -0.2) is 23.9 Å². The van der Waals surface area contributed by atoms with Crippen LogP contribution in [0.4, 0.5) is 0 Å². The Kier molecular flexibility index (Phi) is 21.3. The van der Waals surface area contributed by atoms with Gasteiger partial charge in [0.05, 0.1) is 0 Å². The molecule has 0 aromatic rings. The molecule has 0 atom stereocenters. The minimum absolute atomic E-state index is 0. The van der Waals surface area contributed by atoms with E-state index in [2.05, 4.69) is 1.40 Å². The zero-order valence-corrected chi connectivity index (χ0v) is 10.2. The predicted octanol–water partition coefficient (Wildman–Crippen LogP) is 0.787. The summed E-state index contributed by atoms with van der Waals surface area (Å²) < 4.78 is 4.19. The first kappa shape index (κ1) is 9.52. The Morgan fingerprint density at radius 1 is 1.25 bits per heavy atom. The van der Waals surface area contributed by atoms with Crippen molar-refractivity contribution in [2.75, 3.05) is 0 Å². The average Bonchev–Trinajstić information content (AvgIpc) is 0.918. The summed E-state index contributed by atoms with van der Waals surface area (Å²) in [7, 11) is 0. The molecule has 0 rings (SSSR count). The molecule has 0 heterocycles. The molecule has 0 aromatic heterocycles. The van der Waals surface area contributed by atoms with Crippen molar-refractivity contribution in [2.45, 2.75) is 0 Å². The van der Waals surface area contributed by atoms with E-state index in [0.717, 1.165) is 0 Å². The van der Waals surface area contributed by atoms with Gasteiger partial charge in [-0.05, 0) is 0 Å². The molecule has 0 aliphatic rings. The second kappa shape index (κ2) is 8.97. The van der Waals surface area contributed by atoms with Gasteiger partial charge >= 0.3 is 23.9 Å². The van der Waals surface area contributed by atoms with E-state index in [1.165, 1.54) is 0 Å². The van der Waals surface area contributed by atoms with E-state index in [1.807, 2.05) is 0 Å². The Balaban J connectivity index is 0. The topological polar surface area (TPSA) is 9.23 Å². The van der Waals surface area contributed by atoms with E-state index >= 15 is 0 Å². The van der Waals surface area contributed by atoms with Crippen molar-refractivity contribution in [1.82, 2.24) is 0 Å². The first-order valence-electron chi connectivity index (χ1n) is 0.309. The van der Waals surface area contributed by atoms with Gasteiger partial charge in [0, 0.05) is 0 Å². The van der Waals surface area contributed by atoms with Crippen LogP contribution in [0.2, 0.25) is 0 Å². The van der Waals surface area contributed by atoms with Crippen LogP contribution in [0.25, 0.3) is 0 Å². The molecule has 0 unspecified atom stereocenters. The summed E-state index contributed by atoms with van der Waals surface area (Å²) in [6.45, 7) is 0. The quantitative estimate of drug-likeness (QED) is 0.439. The van der Waals surface area contributed by atoms with Crippen molar-refractivity contribution >= 4 is 69.9 Å². The summed E-state index contributed by atoms with van der Waals surface area (Å²) in [5.74, 6) is 0. The number of hydrogen-bond donors (Lipinski definition) is 0. The van der Waals surface area contributed by atoms with E-state index in [-0.39, 0.29) is 23.9 Å². The third-order valence-corrected chi connectivity index (χ3v) is 0. The van der Waals surface area contributed by atoms with Crippen molar-refractivity contribution in [2.24, 2.45) is 0 Å². The second-order valence-electron chi connectivity index (χ2n) is 0.0583. The Labute approximate surface area is 70.2 Å². The molecular formula is H2I2OSn. The molecule has 0 aromatic carbocycles. The van der Waals surface area contributed by atoms with Crippen LogP contribution in [0.5, 0.6) is 0 Å². The summed E-state index contributed by atoms with van der Waals surface area (Å²) in [6, 6.07) is 0. The Bertz CT molecular complexity index is 6.00. The fourth-order valence-corrected chi connectivity index (χ4v) is 0. The zero-order chi connectivity index (χ0) is 2.71. The zero-order valence-electron chi connectivity index (χ0n) is 1.87. The summed E-state index contributed by atoms with van der Waals surface area (Å²) in [5, 5.41) is 0. The van der Waals surface area contributed by atoms with Gasteiger partial charge in [-0.25, -0.2) is 1.40 Å². The van der Waals surface area contributed by atoms with Crippen LogP contribution in [0.15, 0.2) is 0 Å². The Hall–Kier alpha value is 2.22. The maximum absolute atomic E-state index is 4.19. The van der Waals surface area contributed by atoms with Crippen LogP contribution in [-0.2, 0) is 1.40 Å². The molecule has 4 heavy (non-hydrogen) atoms. The molecule has 0 bridgehead atoms. The van der Waals surface area contributed by atoms with Gasteiger partial charge in [-0.15, -0.1) is 0 Å². The van der Waals surface area contributed by atoms with E-state index < -0.39 is 0 Å². The third-order valence-electron chi connectivity index (χ3n) is 0. The van der Waals surface area contributed by atoms with E-state index in [1.54, 1.807) is 46.0 Å². The molecule has 2 radical (unpaired) electrons.